The van der Waals surface area contributed by atoms with Crippen molar-refractivity contribution in [2.24, 2.45) is 0 Å². The van der Waals surface area contributed by atoms with Gasteiger partial charge < -0.3 is 10.6 Å². The molecule has 27 heavy (non-hydrogen) atoms. The second-order valence-electron chi connectivity index (χ2n) is 9.58. The largest absolute Gasteiger partial charge is 0.332 e. The molecule has 0 aliphatic carbocycles. The first kappa shape index (κ1) is 21.4. The summed E-state index contributed by atoms with van der Waals surface area (Å²) < 4.78 is 0. The molecule has 0 aromatic heterocycles. The van der Waals surface area contributed by atoms with E-state index < -0.39 is 0 Å². The summed E-state index contributed by atoms with van der Waals surface area (Å²) in [4.78, 5) is 0. The first-order valence-corrected chi connectivity index (χ1v) is 10.0. The number of benzene rings is 2. The van der Waals surface area contributed by atoms with Crippen molar-refractivity contribution in [2.45, 2.75) is 73.1 Å². The molecule has 2 N–H and O–H groups in total. The molecule has 3 heteroatoms. The van der Waals surface area contributed by atoms with Crippen molar-refractivity contribution in [3.8, 4) is 0 Å². The summed E-state index contributed by atoms with van der Waals surface area (Å²) in [7, 11) is 0. The molecule has 2 aromatic carbocycles. The van der Waals surface area contributed by atoms with Gasteiger partial charge in [-0.05, 0) is 66.1 Å². The second kappa shape index (κ2) is 7.63. The molecule has 0 aliphatic heterocycles. The van der Waals surface area contributed by atoms with E-state index in [0.29, 0.717) is 5.11 Å². The first-order chi connectivity index (χ1) is 12.3. The molecule has 0 heterocycles. The van der Waals surface area contributed by atoms with Gasteiger partial charge in [0.15, 0.2) is 5.11 Å². The standard InChI is InChI=1S/C24H34N2S/c1-15-13-16(2)20(17(3)14-15)25-22(27)26-21-18(23(4,5)6)11-10-12-19(21)24(7,8)9/h10-14H,1-9H3,(H2,25,26,27). The van der Waals surface area contributed by atoms with Crippen molar-refractivity contribution in [1.82, 2.24) is 0 Å². The van der Waals surface area contributed by atoms with Gasteiger partial charge in [0.2, 0.25) is 0 Å². The van der Waals surface area contributed by atoms with Crippen molar-refractivity contribution >= 4 is 28.7 Å². The van der Waals surface area contributed by atoms with Gasteiger partial charge in [0.1, 0.15) is 0 Å². The van der Waals surface area contributed by atoms with E-state index in [1.807, 2.05) is 0 Å². The van der Waals surface area contributed by atoms with E-state index in [9.17, 15) is 0 Å². The number of hydrogen-bond acceptors (Lipinski definition) is 1. The Balaban J connectivity index is 2.43. The normalized spacial score (nSPS) is 12.0. The molecule has 0 saturated carbocycles. The molecule has 2 nitrogen and oxygen atoms in total. The van der Waals surface area contributed by atoms with E-state index in [4.69, 9.17) is 12.2 Å². The van der Waals surface area contributed by atoms with Crippen LogP contribution in [0.5, 0.6) is 0 Å². The predicted molar refractivity (Wildman–Crippen MR) is 124 cm³/mol. The summed E-state index contributed by atoms with van der Waals surface area (Å²) >= 11 is 5.71. The molecule has 0 radical (unpaired) electrons. The minimum Gasteiger partial charge on any atom is -0.332 e. The third-order valence-corrected chi connectivity index (χ3v) is 5.04. The Bertz CT molecular complexity index is 796. The van der Waals surface area contributed by atoms with E-state index in [-0.39, 0.29) is 10.8 Å². The fraction of sp³-hybridized carbons (Fsp3) is 0.458. The Labute approximate surface area is 170 Å². The monoisotopic (exact) mass is 382 g/mol. The smallest absolute Gasteiger partial charge is 0.175 e. The maximum atomic E-state index is 5.71. The highest BCUT2D eigenvalue weighted by Gasteiger charge is 2.25. The van der Waals surface area contributed by atoms with Gasteiger partial charge in [0.05, 0.1) is 0 Å². The SMILES string of the molecule is Cc1cc(C)c(NC(=S)Nc2c(C(C)(C)C)cccc2C(C)(C)C)c(C)c1. The van der Waals surface area contributed by atoms with Crippen LogP contribution in [-0.2, 0) is 10.8 Å². The fourth-order valence-corrected chi connectivity index (χ4v) is 3.78. The average Bonchev–Trinajstić information content (AvgIpc) is 2.48. The Hall–Kier alpha value is -1.87. The summed E-state index contributed by atoms with van der Waals surface area (Å²) in [6, 6.07) is 10.9. The van der Waals surface area contributed by atoms with Gasteiger partial charge in [0.25, 0.3) is 0 Å². The zero-order valence-electron chi connectivity index (χ0n) is 18.3. The van der Waals surface area contributed by atoms with Crippen LogP contribution in [-0.4, -0.2) is 5.11 Å². The predicted octanol–water partition coefficient (Wildman–Crippen LogP) is 7.02. The van der Waals surface area contributed by atoms with E-state index in [0.717, 1.165) is 11.4 Å². The Morgan fingerprint density at radius 3 is 1.56 bits per heavy atom. The Morgan fingerprint density at radius 2 is 1.15 bits per heavy atom. The van der Waals surface area contributed by atoms with E-state index >= 15 is 0 Å². The molecular weight excluding hydrogens is 348 g/mol. The van der Waals surface area contributed by atoms with Gasteiger partial charge >= 0.3 is 0 Å². The van der Waals surface area contributed by atoms with Crippen LogP contribution >= 0.6 is 12.2 Å². The molecule has 146 valence electrons. The lowest BCUT2D eigenvalue weighted by atomic mass is 9.79. The van der Waals surface area contributed by atoms with Crippen molar-refractivity contribution in [3.05, 3.63) is 58.1 Å². The highest BCUT2D eigenvalue weighted by Crippen LogP contribution is 2.38. The molecule has 0 amide bonds. The zero-order valence-corrected chi connectivity index (χ0v) is 19.1. The maximum absolute atomic E-state index is 5.71. The van der Waals surface area contributed by atoms with Crippen LogP contribution < -0.4 is 10.6 Å². The molecular formula is C24H34N2S. The highest BCUT2D eigenvalue weighted by atomic mass is 32.1. The maximum Gasteiger partial charge on any atom is 0.175 e. The van der Waals surface area contributed by atoms with E-state index in [2.05, 4.69) is 103 Å². The van der Waals surface area contributed by atoms with Gasteiger partial charge in [-0.15, -0.1) is 0 Å². The molecule has 2 rings (SSSR count). The quantitative estimate of drug-likeness (QED) is 0.546. The summed E-state index contributed by atoms with van der Waals surface area (Å²) in [5.74, 6) is 0. The summed E-state index contributed by atoms with van der Waals surface area (Å²) in [6.07, 6.45) is 0. The first-order valence-electron chi connectivity index (χ1n) is 9.60. The number of rotatable bonds is 2. The number of anilines is 2. The lowest BCUT2D eigenvalue weighted by Gasteiger charge is -2.30. The Kier molecular flexibility index (Phi) is 6.06. The molecule has 0 unspecified atom stereocenters. The number of hydrogen-bond donors (Lipinski definition) is 2. The van der Waals surface area contributed by atoms with Crippen LogP contribution in [0, 0.1) is 20.8 Å². The third-order valence-electron chi connectivity index (χ3n) is 4.83. The van der Waals surface area contributed by atoms with Crippen LogP contribution in [0.2, 0.25) is 0 Å². The van der Waals surface area contributed by atoms with Crippen LogP contribution in [0.1, 0.15) is 69.4 Å². The van der Waals surface area contributed by atoms with Crippen molar-refractivity contribution < 1.29 is 0 Å². The van der Waals surface area contributed by atoms with Gasteiger partial charge in [-0.3, -0.25) is 0 Å². The van der Waals surface area contributed by atoms with Crippen molar-refractivity contribution in [1.29, 1.82) is 0 Å². The van der Waals surface area contributed by atoms with Gasteiger partial charge in [-0.2, -0.15) is 0 Å². The van der Waals surface area contributed by atoms with Gasteiger partial charge in [0, 0.05) is 11.4 Å². The average molecular weight is 383 g/mol. The number of nitrogens with one attached hydrogen (secondary N) is 2. The molecule has 0 fully saturated rings. The highest BCUT2D eigenvalue weighted by molar-refractivity contribution is 7.80. The van der Waals surface area contributed by atoms with E-state index in [1.54, 1.807) is 0 Å². The molecule has 0 aliphatic rings. The minimum atomic E-state index is 0.0227. The summed E-state index contributed by atoms with van der Waals surface area (Å²) in [5.41, 5.74) is 8.48. The van der Waals surface area contributed by atoms with Crippen molar-refractivity contribution in [2.75, 3.05) is 10.6 Å². The van der Waals surface area contributed by atoms with Crippen molar-refractivity contribution in [3.63, 3.8) is 0 Å². The Morgan fingerprint density at radius 1 is 0.741 bits per heavy atom. The minimum absolute atomic E-state index is 0.0227. The second-order valence-corrected chi connectivity index (χ2v) is 9.99. The van der Waals surface area contributed by atoms with Crippen LogP contribution in [0.25, 0.3) is 0 Å². The molecule has 2 aromatic rings. The molecule has 0 saturated heterocycles. The van der Waals surface area contributed by atoms with Crippen LogP contribution in [0.4, 0.5) is 11.4 Å². The van der Waals surface area contributed by atoms with Gasteiger partial charge in [-0.1, -0.05) is 77.4 Å². The molecule has 0 bridgehead atoms. The topological polar surface area (TPSA) is 24.1 Å². The fourth-order valence-electron chi connectivity index (χ4n) is 3.57. The molecule has 0 spiro atoms. The van der Waals surface area contributed by atoms with Gasteiger partial charge in [-0.25, -0.2) is 0 Å². The lowest BCUT2D eigenvalue weighted by Crippen LogP contribution is -2.26. The summed E-state index contributed by atoms with van der Waals surface area (Å²) in [5, 5.41) is 7.59. The van der Waals surface area contributed by atoms with Crippen LogP contribution in [0.15, 0.2) is 30.3 Å². The zero-order chi connectivity index (χ0) is 20.6. The molecule has 0 atom stereocenters. The number of para-hydroxylation sites is 1. The number of aryl methyl sites for hydroxylation is 3. The van der Waals surface area contributed by atoms with Crippen LogP contribution in [0.3, 0.4) is 0 Å². The lowest BCUT2D eigenvalue weighted by molar-refractivity contribution is 0.573. The number of thiocarbonyl (C=S) groups is 1. The van der Waals surface area contributed by atoms with E-state index in [1.165, 1.54) is 27.8 Å². The third kappa shape index (κ3) is 5.10. The summed E-state index contributed by atoms with van der Waals surface area (Å²) in [6.45, 7) is 19.8.